The smallest absolute Gasteiger partial charge is 0.342 e. The molecule has 0 saturated carbocycles. The van der Waals surface area contributed by atoms with Gasteiger partial charge in [0.1, 0.15) is 0 Å². The minimum absolute atomic E-state index is 0.0417. The number of hydrogen-bond acceptors (Lipinski definition) is 8. The quantitative estimate of drug-likeness (QED) is 0.248. The van der Waals surface area contributed by atoms with Crippen molar-refractivity contribution in [3.8, 4) is 0 Å². The third kappa shape index (κ3) is 22.0. The molecule has 0 aromatic carbocycles. The minimum Gasteiger partial charge on any atom is -0.481 e. The Hall–Kier alpha value is -1.26. The zero-order chi connectivity index (χ0) is 15.6. The summed E-state index contributed by atoms with van der Waals surface area (Å²) in [4.78, 5) is 28.2. The van der Waals surface area contributed by atoms with Crippen LogP contribution in [0.15, 0.2) is 0 Å². The van der Waals surface area contributed by atoms with Gasteiger partial charge in [0.15, 0.2) is 0 Å². The lowest BCUT2D eigenvalue weighted by atomic mass is 10.3. The van der Waals surface area contributed by atoms with E-state index in [-0.39, 0.29) is 26.1 Å². The number of carboxylic acid groups (broad SMARTS) is 1. The highest BCUT2D eigenvalue weighted by molar-refractivity contribution is 5.76. The second-order valence-electron chi connectivity index (χ2n) is 3.19. The summed E-state index contributed by atoms with van der Waals surface area (Å²) >= 11 is 0. The molecule has 0 unspecified atom stereocenters. The number of carbonyl (C=O) groups excluding carboxylic acids is 1. The van der Waals surface area contributed by atoms with Gasteiger partial charge in [0, 0.05) is 0 Å². The third-order valence-electron chi connectivity index (χ3n) is 1.56. The molecule has 9 nitrogen and oxygen atoms in total. The van der Waals surface area contributed by atoms with Crippen LogP contribution in [0.2, 0.25) is 0 Å². The lowest BCUT2D eigenvalue weighted by molar-refractivity contribution is -0.255. The Morgan fingerprint density at radius 3 is 1.75 bits per heavy atom. The van der Waals surface area contributed by atoms with Crippen molar-refractivity contribution < 1.29 is 44.2 Å². The number of carbonyl (C=O) groups is 2. The van der Waals surface area contributed by atoms with E-state index in [4.69, 9.17) is 24.8 Å². The highest BCUT2D eigenvalue weighted by atomic mass is 17.2. The molecular weight excluding hydrogens is 276 g/mol. The Morgan fingerprint density at radius 2 is 1.40 bits per heavy atom. The molecule has 0 saturated heterocycles. The fourth-order valence-corrected chi connectivity index (χ4v) is 0.795. The predicted molar refractivity (Wildman–Crippen MR) is 65.8 cm³/mol. The van der Waals surface area contributed by atoms with E-state index in [0.29, 0.717) is 26.4 Å². The van der Waals surface area contributed by atoms with Gasteiger partial charge in [-0.2, -0.15) is 4.89 Å². The number of rotatable bonds is 11. The van der Waals surface area contributed by atoms with Crippen molar-refractivity contribution >= 4 is 11.9 Å². The Morgan fingerprint density at radius 1 is 0.900 bits per heavy atom. The highest BCUT2D eigenvalue weighted by Gasteiger charge is 2.05. The Labute approximate surface area is 116 Å². The van der Waals surface area contributed by atoms with E-state index in [0.717, 1.165) is 0 Å². The standard InChI is InChI=1S/C6H14O4.C5H8O5/c7-1-3-9-5-6-10-4-2-8;1-9-10-5(8)3-2-4(6)7/h7-8H,1-6H2;2-3H2,1H3,(H,6,7). The van der Waals surface area contributed by atoms with E-state index in [1.807, 2.05) is 0 Å². The van der Waals surface area contributed by atoms with E-state index in [2.05, 4.69) is 9.78 Å². The van der Waals surface area contributed by atoms with Crippen LogP contribution in [0.5, 0.6) is 0 Å². The van der Waals surface area contributed by atoms with Crippen LogP contribution in [0.25, 0.3) is 0 Å². The van der Waals surface area contributed by atoms with Crippen molar-refractivity contribution in [3.63, 3.8) is 0 Å². The maximum Gasteiger partial charge on any atom is 0.342 e. The second-order valence-corrected chi connectivity index (χ2v) is 3.19. The van der Waals surface area contributed by atoms with Crippen LogP contribution in [0.3, 0.4) is 0 Å². The number of aliphatic hydroxyl groups excluding tert-OH is 2. The van der Waals surface area contributed by atoms with E-state index in [9.17, 15) is 9.59 Å². The Kier molecular flexibility index (Phi) is 18.7. The number of ether oxygens (including phenoxy) is 2. The highest BCUT2D eigenvalue weighted by Crippen LogP contribution is 1.91. The first-order chi connectivity index (χ1) is 9.58. The van der Waals surface area contributed by atoms with Crippen LogP contribution >= 0.6 is 0 Å². The van der Waals surface area contributed by atoms with Crippen LogP contribution in [-0.4, -0.2) is 74.0 Å². The minimum atomic E-state index is -1.03. The molecule has 120 valence electrons. The maximum absolute atomic E-state index is 10.3. The molecule has 0 bridgehead atoms. The number of hydrogen-bond donors (Lipinski definition) is 3. The summed E-state index contributed by atoms with van der Waals surface area (Å²) < 4.78 is 9.75. The van der Waals surface area contributed by atoms with Gasteiger partial charge in [-0.05, 0) is 0 Å². The second kappa shape index (κ2) is 17.7. The van der Waals surface area contributed by atoms with Crippen LogP contribution in [0, 0.1) is 0 Å². The van der Waals surface area contributed by atoms with E-state index in [1.165, 1.54) is 7.11 Å². The van der Waals surface area contributed by atoms with E-state index < -0.39 is 11.9 Å². The first-order valence-corrected chi connectivity index (χ1v) is 5.91. The molecule has 0 heterocycles. The SMILES string of the molecule is COOC(=O)CCC(=O)O.OCCOCCOCCO. The normalized spacial score (nSPS) is 9.55. The molecule has 3 N–H and O–H groups in total. The molecule has 9 heteroatoms. The summed E-state index contributed by atoms with van der Waals surface area (Å²) in [7, 11) is 1.18. The van der Waals surface area contributed by atoms with Gasteiger partial charge in [-0.15, -0.1) is 0 Å². The van der Waals surface area contributed by atoms with Gasteiger partial charge in [0.2, 0.25) is 0 Å². The summed E-state index contributed by atoms with van der Waals surface area (Å²) in [5, 5.41) is 24.6. The van der Waals surface area contributed by atoms with Gasteiger partial charge in [-0.1, -0.05) is 0 Å². The van der Waals surface area contributed by atoms with E-state index in [1.54, 1.807) is 0 Å². The van der Waals surface area contributed by atoms with Crippen molar-refractivity contribution in [3.05, 3.63) is 0 Å². The Bertz CT molecular complexity index is 224. The van der Waals surface area contributed by atoms with Gasteiger partial charge in [-0.25, -0.2) is 4.79 Å². The summed E-state index contributed by atoms with van der Waals surface area (Å²) in [5.41, 5.74) is 0. The third-order valence-corrected chi connectivity index (χ3v) is 1.56. The van der Waals surface area contributed by atoms with Crippen LogP contribution in [-0.2, 0) is 28.8 Å². The molecule has 0 aromatic rings. The molecule has 0 amide bonds. The van der Waals surface area contributed by atoms with Crippen LogP contribution < -0.4 is 0 Å². The summed E-state index contributed by atoms with van der Waals surface area (Å²) in [5.74, 6) is -1.71. The van der Waals surface area contributed by atoms with Gasteiger partial charge in [-0.3, -0.25) is 9.68 Å². The average molecular weight is 298 g/mol. The molecule has 0 aliphatic rings. The fourth-order valence-electron chi connectivity index (χ4n) is 0.795. The lowest BCUT2D eigenvalue weighted by Gasteiger charge is -2.01. The maximum atomic E-state index is 10.3. The molecule has 0 aliphatic carbocycles. The molecular formula is C11H22O9. The topological polar surface area (TPSA) is 132 Å². The molecule has 20 heavy (non-hydrogen) atoms. The van der Waals surface area contributed by atoms with E-state index >= 15 is 0 Å². The zero-order valence-corrected chi connectivity index (χ0v) is 11.4. The Balaban J connectivity index is 0. The molecule has 0 radical (unpaired) electrons. The average Bonchev–Trinajstić information content (AvgIpc) is 2.42. The monoisotopic (exact) mass is 298 g/mol. The molecule has 0 aromatic heterocycles. The first kappa shape index (κ1) is 21.0. The molecule has 0 fully saturated rings. The lowest BCUT2D eigenvalue weighted by Crippen LogP contribution is -2.09. The number of aliphatic hydroxyl groups is 2. The van der Waals surface area contributed by atoms with Gasteiger partial charge >= 0.3 is 11.9 Å². The summed E-state index contributed by atoms with van der Waals surface area (Å²) in [6.07, 6.45) is -0.397. The summed E-state index contributed by atoms with van der Waals surface area (Å²) in [6.45, 7) is 1.73. The number of carboxylic acids is 1. The predicted octanol–water partition coefficient (Wildman–Crippen LogP) is -1.04. The largest absolute Gasteiger partial charge is 0.481 e. The first-order valence-electron chi connectivity index (χ1n) is 5.91. The van der Waals surface area contributed by atoms with Gasteiger partial charge in [0.05, 0.1) is 59.6 Å². The van der Waals surface area contributed by atoms with Crippen molar-refractivity contribution in [1.29, 1.82) is 0 Å². The number of aliphatic carboxylic acids is 1. The van der Waals surface area contributed by atoms with Crippen LogP contribution in [0.1, 0.15) is 12.8 Å². The van der Waals surface area contributed by atoms with Gasteiger partial charge < -0.3 is 24.8 Å². The molecule has 0 aliphatic heterocycles. The summed E-state index contributed by atoms with van der Waals surface area (Å²) in [6, 6.07) is 0. The fraction of sp³-hybridized carbons (Fsp3) is 0.818. The van der Waals surface area contributed by atoms with Crippen LogP contribution in [0.4, 0.5) is 0 Å². The van der Waals surface area contributed by atoms with Gasteiger partial charge in [0.25, 0.3) is 0 Å². The zero-order valence-electron chi connectivity index (χ0n) is 11.4. The molecule has 0 spiro atoms. The van der Waals surface area contributed by atoms with Crippen molar-refractivity contribution in [2.45, 2.75) is 12.8 Å². The molecule has 0 atom stereocenters. The molecule has 0 rings (SSSR count). The van der Waals surface area contributed by atoms with Crippen molar-refractivity contribution in [2.24, 2.45) is 0 Å². The van der Waals surface area contributed by atoms with Crippen molar-refractivity contribution in [2.75, 3.05) is 46.8 Å². The van der Waals surface area contributed by atoms with Crippen molar-refractivity contribution in [1.82, 2.24) is 0 Å².